The van der Waals surface area contributed by atoms with Crippen molar-refractivity contribution in [2.75, 3.05) is 18.5 Å². The van der Waals surface area contributed by atoms with Gasteiger partial charge in [-0.3, -0.25) is 14.6 Å². The lowest BCUT2D eigenvalue weighted by molar-refractivity contribution is -0.114. The molecule has 0 aliphatic heterocycles. The van der Waals surface area contributed by atoms with Crippen LogP contribution in [0.2, 0.25) is 0 Å². The van der Waals surface area contributed by atoms with Crippen LogP contribution in [0.5, 0.6) is 0 Å². The molecule has 0 radical (unpaired) electrons. The van der Waals surface area contributed by atoms with Crippen molar-refractivity contribution in [2.24, 2.45) is 5.92 Å². The fourth-order valence-corrected chi connectivity index (χ4v) is 1.48. The molecule has 1 N–H and O–H groups in total. The van der Waals surface area contributed by atoms with Gasteiger partial charge in [-0.1, -0.05) is 13.8 Å². The number of aromatic nitrogens is 2. The second kappa shape index (κ2) is 5.47. The van der Waals surface area contributed by atoms with Crippen LogP contribution in [0.15, 0.2) is 6.33 Å². The largest absolute Gasteiger partial charge is 0.347 e. The normalized spacial score (nSPS) is 10.4. The van der Waals surface area contributed by atoms with E-state index in [-0.39, 0.29) is 11.9 Å². The smallest absolute Gasteiger partial charge is 0.331 e. The number of nitrogens with one attached hydrogen (secondary N) is 1. The summed E-state index contributed by atoms with van der Waals surface area (Å²) in [5, 5.41) is 0. The first kappa shape index (κ1) is 13.2. The summed E-state index contributed by atoms with van der Waals surface area (Å²) in [5.41, 5.74) is 0.804. The van der Waals surface area contributed by atoms with Crippen molar-refractivity contribution in [2.45, 2.75) is 20.8 Å². The van der Waals surface area contributed by atoms with Crippen molar-refractivity contribution in [3.63, 3.8) is 0 Å². The first-order valence-electron chi connectivity index (χ1n) is 5.47. The standard InChI is InChI=1S/C11H18N4O2/c1-8(2)5-15(11(17)14(4)7-16)10-9(3)12-6-13-10/h6-8H,5H2,1-4H3,(H,12,13). The lowest BCUT2D eigenvalue weighted by Crippen LogP contribution is -2.43. The number of aromatic amines is 1. The van der Waals surface area contributed by atoms with Crippen LogP contribution in [-0.2, 0) is 4.79 Å². The highest BCUT2D eigenvalue weighted by molar-refractivity contribution is 5.96. The second-order valence-electron chi connectivity index (χ2n) is 4.35. The molecular formula is C11H18N4O2. The lowest BCUT2D eigenvalue weighted by Gasteiger charge is -2.25. The highest BCUT2D eigenvalue weighted by Gasteiger charge is 2.23. The third-order valence-corrected chi connectivity index (χ3v) is 2.30. The molecule has 3 amide bonds. The maximum Gasteiger partial charge on any atom is 0.331 e. The Morgan fingerprint density at radius 3 is 2.65 bits per heavy atom. The molecule has 0 aliphatic rings. The third-order valence-electron chi connectivity index (χ3n) is 2.30. The molecule has 0 aromatic carbocycles. The summed E-state index contributed by atoms with van der Waals surface area (Å²) in [6, 6.07) is -0.371. The molecule has 0 saturated heterocycles. The SMILES string of the molecule is Cc1[nH]cnc1N(CC(C)C)C(=O)N(C)C=O. The van der Waals surface area contributed by atoms with Crippen LogP contribution < -0.4 is 4.90 Å². The summed E-state index contributed by atoms with van der Waals surface area (Å²) in [6.45, 7) is 6.36. The van der Waals surface area contributed by atoms with E-state index >= 15 is 0 Å². The Kier molecular flexibility index (Phi) is 4.25. The zero-order chi connectivity index (χ0) is 13.0. The fraction of sp³-hybridized carbons (Fsp3) is 0.545. The number of amides is 3. The van der Waals surface area contributed by atoms with Crippen LogP contribution in [0.3, 0.4) is 0 Å². The van der Waals surface area contributed by atoms with Gasteiger partial charge in [-0.15, -0.1) is 0 Å². The van der Waals surface area contributed by atoms with E-state index in [1.165, 1.54) is 18.3 Å². The molecule has 1 rings (SSSR count). The maximum atomic E-state index is 12.0. The number of H-pyrrole nitrogens is 1. The molecule has 1 heterocycles. The lowest BCUT2D eigenvalue weighted by atomic mass is 10.2. The van der Waals surface area contributed by atoms with Crippen molar-refractivity contribution in [3.05, 3.63) is 12.0 Å². The number of imidazole rings is 1. The zero-order valence-electron chi connectivity index (χ0n) is 10.6. The molecular weight excluding hydrogens is 220 g/mol. The highest BCUT2D eigenvalue weighted by Crippen LogP contribution is 2.17. The Labute approximate surface area is 101 Å². The van der Waals surface area contributed by atoms with E-state index in [1.807, 2.05) is 20.8 Å². The summed E-state index contributed by atoms with van der Waals surface area (Å²) in [5.74, 6) is 0.854. The summed E-state index contributed by atoms with van der Waals surface area (Å²) in [4.78, 5) is 32.2. The first-order chi connectivity index (χ1) is 7.97. The molecule has 0 atom stereocenters. The Hall–Kier alpha value is -1.85. The van der Waals surface area contributed by atoms with Gasteiger partial charge in [0.1, 0.15) is 0 Å². The minimum Gasteiger partial charge on any atom is -0.347 e. The van der Waals surface area contributed by atoms with Gasteiger partial charge in [0.15, 0.2) is 5.82 Å². The van der Waals surface area contributed by atoms with Gasteiger partial charge >= 0.3 is 6.03 Å². The number of urea groups is 1. The highest BCUT2D eigenvalue weighted by atomic mass is 16.2. The summed E-state index contributed by atoms with van der Waals surface area (Å²) < 4.78 is 0. The number of imide groups is 1. The van der Waals surface area contributed by atoms with Crippen molar-refractivity contribution in [3.8, 4) is 0 Å². The third kappa shape index (κ3) is 3.05. The van der Waals surface area contributed by atoms with E-state index in [1.54, 1.807) is 0 Å². The van der Waals surface area contributed by atoms with Gasteiger partial charge in [0.2, 0.25) is 6.41 Å². The van der Waals surface area contributed by atoms with Gasteiger partial charge < -0.3 is 4.98 Å². The predicted molar refractivity (Wildman–Crippen MR) is 64.7 cm³/mol. The van der Waals surface area contributed by atoms with Crippen molar-refractivity contribution in [1.82, 2.24) is 14.9 Å². The van der Waals surface area contributed by atoms with Crippen LogP contribution in [0.1, 0.15) is 19.5 Å². The van der Waals surface area contributed by atoms with E-state index < -0.39 is 0 Å². The van der Waals surface area contributed by atoms with Crippen LogP contribution >= 0.6 is 0 Å². The number of hydrogen-bond acceptors (Lipinski definition) is 3. The minimum atomic E-state index is -0.371. The molecule has 6 nitrogen and oxygen atoms in total. The van der Waals surface area contributed by atoms with Crippen molar-refractivity contribution >= 4 is 18.3 Å². The average molecular weight is 238 g/mol. The Morgan fingerprint density at radius 2 is 2.24 bits per heavy atom. The number of carbonyl (C=O) groups excluding carboxylic acids is 2. The Morgan fingerprint density at radius 1 is 1.59 bits per heavy atom. The van der Waals surface area contributed by atoms with Gasteiger partial charge in [-0.2, -0.15) is 0 Å². The topological polar surface area (TPSA) is 69.3 Å². The number of anilines is 1. The number of nitrogens with zero attached hydrogens (tertiary/aromatic N) is 3. The molecule has 0 saturated carbocycles. The summed E-state index contributed by atoms with van der Waals surface area (Å²) in [6.07, 6.45) is 2.03. The van der Waals surface area contributed by atoms with E-state index in [0.717, 1.165) is 10.6 Å². The second-order valence-corrected chi connectivity index (χ2v) is 4.35. The van der Waals surface area contributed by atoms with E-state index in [9.17, 15) is 9.59 Å². The molecule has 94 valence electrons. The van der Waals surface area contributed by atoms with Gasteiger partial charge in [0.25, 0.3) is 0 Å². The number of rotatable bonds is 4. The molecule has 1 aromatic heterocycles. The Balaban J connectivity index is 3.00. The monoisotopic (exact) mass is 238 g/mol. The van der Waals surface area contributed by atoms with Crippen LogP contribution in [0.25, 0.3) is 0 Å². The quantitative estimate of drug-likeness (QED) is 0.806. The van der Waals surface area contributed by atoms with Gasteiger partial charge in [0.05, 0.1) is 12.0 Å². The fourth-order valence-electron chi connectivity index (χ4n) is 1.48. The van der Waals surface area contributed by atoms with E-state index in [0.29, 0.717) is 18.8 Å². The zero-order valence-corrected chi connectivity index (χ0v) is 10.6. The maximum absolute atomic E-state index is 12.0. The molecule has 0 aliphatic carbocycles. The van der Waals surface area contributed by atoms with Crippen LogP contribution in [0.4, 0.5) is 10.6 Å². The van der Waals surface area contributed by atoms with E-state index in [2.05, 4.69) is 9.97 Å². The van der Waals surface area contributed by atoms with Crippen LogP contribution in [0, 0.1) is 12.8 Å². The van der Waals surface area contributed by atoms with Gasteiger partial charge in [0, 0.05) is 13.6 Å². The molecule has 1 aromatic rings. The van der Waals surface area contributed by atoms with Crippen molar-refractivity contribution < 1.29 is 9.59 Å². The minimum absolute atomic E-state index is 0.287. The van der Waals surface area contributed by atoms with Gasteiger partial charge in [-0.25, -0.2) is 9.78 Å². The summed E-state index contributed by atoms with van der Waals surface area (Å²) >= 11 is 0. The van der Waals surface area contributed by atoms with Gasteiger partial charge in [-0.05, 0) is 12.8 Å². The predicted octanol–water partition coefficient (Wildman–Crippen LogP) is 1.39. The number of aryl methyl sites for hydroxylation is 1. The molecule has 0 unspecified atom stereocenters. The van der Waals surface area contributed by atoms with Crippen LogP contribution in [-0.4, -0.2) is 40.9 Å². The molecule has 0 fully saturated rings. The summed E-state index contributed by atoms with van der Waals surface area (Å²) in [7, 11) is 1.44. The molecule has 0 bridgehead atoms. The molecule has 6 heteroatoms. The van der Waals surface area contributed by atoms with E-state index in [4.69, 9.17) is 0 Å². The molecule has 0 spiro atoms. The Bertz CT molecular complexity index is 400. The molecule has 17 heavy (non-hydrogen) atoms. The average Bonchev–Trinajstić information content (AvgIpc) is 2.70. The van der Waals surface area contributed by atoms with Crippen molar-refractivity contribution in [1.29, 1.82) is 0 Å². The first-order valence-corrected chi connectivity index (χ1v) is 5.47. The number of hydrogen-bond donors (Lipinski definition) is 1. The number of carbonyl (C=O) groups is 2.